The van der Waals surface area contributed by atoms with E-state index in [0.717, 1.165) is 42.3 Å². The number of nitrogens with two attached hydrogens (primary N) is 1. The van der Waals surface area contributed by atoms with E-state index in [2.05, 4.69) is 27.3 Å². The Kier molecular flexibility index (Phi) is 4.11. The fourth-order valence-corrected chi connectivity index (χ4v) is 2.02. The summed E-state index contributed by atoms with van der Waals surface area (Å²) in [5.74, 6) is 8.82. The zero-order valence-corrected chi connectivity index (χ0v) is 11.6. The summed E-state index contributed by atoms with van der Waals surface area (Å²) < 4.78 is 2.01. The zero-order valence-electron chi connectivity index (χ0n) is 11.6. The fraction of sp³-hybridized carbons (Fsp3) is 0.462. The molecule has 0 radical (unpaired) electrons. The predicted octanol–water partition coefficient (Wildman–Crippen LogP) is 1.77. The minimum atomic E-state index is 0.665. The maximum atomic E-state index is 5.53. The number of nitrogen functional groups attached to an aromatic ring is 1. The van der Waals surface area contributed by atoms with Crippen molar-refractivity contribution in [3.05, 3.63) is 29.6 Å². The van der Waals surface area contributed by atoms with Crippen molar-refractivity contribution in [2.24, 2.45) is 5.84 Å². The van der Waals surface area contributed by atoms with Crippen LogP contribution in [-0.2, 0) is 12.8 Å². The maximum absolute atomic E-state index is 5.53. The molecule has 2 heterocycles. The van der Waals surface area contributed by atoms with Crippen LogP contribution < -0.4 is 11.3 Å². The van der Waals surface area contributed by atoms with Crippen LogP contribution in [0.25, 0.3) is 5.82 Å². The molecule has 0 aromatic carbocycles. The lowest BCUT2D eigenvalue weighted by Crippen LogP contribution is -2.15. The molecule has 102 valence electrons. The van der Waals surface area contributed by atoms with Gasteiger partial charge in [-0.3, -0.25) is 4.57 Å². The Balaban J connectivity index is 2.57. The van der Waals surface area contributed by atoms with Gasteiger partial charge in [-0.15, -0.1) is 0 Å². The summed E-state index contributed by atoms with van der Waals surface area (Å²) in [6, 6.07) is 0. The smallest absolute Gasteiger partial charge is 0.148 e. The second-order valence-electron chi connectivity index (χ2n) is 4.40. The Morgan fingerprint density at radius 1 is 1.32 bits per heavy atom. The van der Waals surface area contributed by atoms with Gasteiger partial charge in [0, 0.05) is 30.8 Å². The molecule has 0 saturated heterocycles. The Hall–Kier alpha value is -1.95. The topological polar surface area (TPSA) is 81.7 Å². The number of hydrogen-bond acceptors (Lipinski definition) is 5. The first-order valence-corrected chi connectivity index (χ1v) is 6.57. The molecule has 6 heteroatoms. The highest BCUT2D eigenvalue weighted by Crippen LogP contribution is 2.20. The van der Waals surface area contributed by atoms with Gasteiger partial charge in [-0.2, -0.15) is 0 Å². The molecule has 6 nitrogen and oxygen atoms in total. The van der Waals surface area contributed by atoms with E-state index >= 15 is 0 Å². The van der Waals surface area contributed by atoms with E-state index in [4.69, 9.17) is 5.84 Å². The van der Waals surface area contributed by atoms with Crippen LogP contribution in [0.3, 0.4) is 0 Å². The lowest BCUT2D eigenvalue weighted by atomic mass is 10.2. The first-order valence-electron chi connectivity index (χ1n) is 6.57. The van der Waals surface area contributed by atoms with Gasteiger partial charge in [0.15, 0.2) is 0 Å². The number of nitrogens with zero attached hydrogens (tertiary/aromatic N) is 4. The van der Waals surface area contributed by atoms with Crippen LogP contribution >= 0.6 is 0 Å². The van der Waals surface area contributed by atoms with E-state index in [-0.39, 0.29) is 0 Å². The summed E-state index contributed by atoms with van der Waals surface area (Å²) in [5, 5.41) is 0. The molecule has 2 aromatic heterocycles. The van der Waals surface area contributed by atoms with Gasteiger partial charge in [0.1, 0.15) is 23.3 Å². The number of rotatable bonds is 5. The Morgan fingerprint density at radius 2 is 2.11 bits per heavy atom. The second-order valence-corrected chi connectivity index (χ2v) is 4.40. The summed E-state index contributed by atoms with van der Waals surface area (Å²) in [5.41, 5.74) is 3.56. The second kappa shape index (κ2) is 5.79. The third kappa shape index (κ3) is 2.58. The van der Waals surface area contributed by atoms with Gasteiger partial charge in [0.25, 0.3) is 0 Å². The van der Waals surface area contributed by atoms with Crippen LogP contribution in [0.1, 0.15) is 37.5 Å². The molecule has 0 spiro atoms. The van der Waals surface area contributed by atoms with Crippen molar-refractivity contribution in [3.63, 3.8) is 0 Å². The molecule has 0 aliphatic carbocycles. The summed E-state index contributed by atoms with van der Waals surface area (Å²) >= 11 is 0. The summed E-state index contributed by atoms with van der Waals surface area (Å²) in [7, 11) is 0. The summed E-state index contributed by atoms with van der Waals surface area (Å²) in [6.07, 6.45) is 6.46. The number of hydrogen-bond donors (Lipinski definition) is 2. The van der Waals surface area contributed by atoms with Crippen LogP contribution in [0.4, 0.5) is 5.82 Å². The molecule has 19 heavy (non-hydrogen) atoms. The summed E-state index contributed by atoms with van der Waals surface area (Å²) in [4.78, 5) is 13.4. The van der Waals surface area contributed by atoms with Crippen molar-refractivity contribution in [2.75, 3.05) is 5.43 Å². The van der Waals surface area contributed by atoms with Crippen LogP contribution in [-0.4, -0.2) is 19.5 Å². The van der Waals surface area contributed by atoms with Crippen molar-refractivity contribution in [1.82, 2.24) is 19.5 Å². The van der Waals surface area contributed by atoms with Crippen LogP contribution in [0, 0.1) is 6.92 Å². The average molecular weight is 260 g/mol. The number of anilines is 1. The van der Waals surface area contributed by atoms with Crippen molar-refractivity contribution >= 4 is 5.82 Å². The van der Waals surface area contributed by atoms with E-state index < -0.39 is 0 Å². The standard InChI is InChI=1S/C13H20N6/c1-4-6-11-15-7-8-19(11)13-9(3)12(18-14)16-10(5-2)17-13/h7-8H,4-6,14H2,1-3H3,(H,16,17,18). The fourth-order valence-electron chi connectivity index (χ4n) is 2.02. The van der Waals surface area contributed by atoms with E-state index in [1.165, 1.54) is 0 Å². The SMILES string of the molecule is CCCc1nccn1-c1nc(CC)nc(NN)c1C. The largest absolute Gasteiger partial charge is 0.308 e. The van der Waals surface area contributed by atoms with Crippen molar-refractivity contribution in [3.8, 4) is 5.82 Å². The lowest BCUT2D eigenvalue weighted by molar-refractivity contribution is 0.782. The van der Waals surface area contributed by atoms with Crippen LogP contribution in [0.2, 0.25) is 0 Å². The van der Waals surface area contributed by atoms with Gasteiger partial charge in [0.05, 0.1) is 0 Å². The Morgan fingerprint density at radius 3 is 2.74 bits per heavy atom. The molecule has 2 aromatic rings. The highest BCUT2D eigenvalue weighted by molar-refractivity contribution is 5.51. The monoisotopic (exact) mass is 260 g/mol. The minimum Gasteiger partial charge on any atom is -0.308 e. The molecule has 0 aliphatic heterocycles. The van der Waals surface area contributed by atoms with Gasteiger partial charge < -0.3 is 5.43 Å². The number of aryl methyl sites for hydroxylation is 2. The zero-order chi connectivity index (χ0) is 13.8. The average Bonchev–Trinajstić information content (AvgIpc) is 2.87. The van der Waals surface area contributed by atoms with Gasteiger partial charge >= 0.3 is 0 Å². The Labute approximate surface area is 113 Å². The molecule has 2 rings (SSSR count). The number of imidazole rings is 1. The normalized spacial score (nSPS) is 10.7. The first kappa shape index (κ1) is 13.5. The molecule has 0 amide bonds. The molecular weight excluding hydrogens is 240 g/mol. The molecular formula is C13H20N6. The predicted molar refractivity (Wildman–Crippen MR) is 75.1 cm³/mol. The van der Waals surface area contributed by atoms with Gasteiger partial charge in [-0.1, -0.05) is 13.8 Å². The van der Waals surface area contributed by atoms with Gasteiger partial charge in [0.2, 0.25) is 0 Å². The van der Waals surface area contributed by atoms with Gasteiger partial charge in [-0.05, 0) is 13.3 Å². The number of nitrogens with one attached hydrogen (secondary N) is 1. The molecule has 0 bridgehead atoms. The molecule has 0 aliphatic rings. The first-order chi connectivity index (χ1) is 9.21. The maximum Gasteiger partial charge on any atom is 0.148 e. The number of aromatic nitrogens is 4. The highest BCUT2D eigenvalue weighted by atomic mass is 15.3. The van der Waals surface area contributed by atoms with Crippen LogP contribution in [0.15, 0.2) is 12.4 Å². The molecule has 0 fully saturated rings. The third-order valence-electron chi connectivity index (χ3n) is 3.04. The van der Waals surface area contributed by atoms with Gasteiger partial charge in [-0.25, -0.2) is 20.8 Å². The number of hydrazine groups is 1. The van der Waals surface area contributed by atoms with E-state index in [1.807, 2.05) is 24.6 Å². The minimum absolute atomic E-state index is 0.665. The van der Waals surface area contributed by atoms with Crippen LogP contribution in [0.5, 0.6) is 0 Å². The van der Waals surface area contributed by atoms with Crippen molar-refractivity contribution in [1.29, 1.82) is 0 Å². The lowest BCUT2D eigenvalue weighted by Gasteiger charge is -2.13. The van der Waals surface area contributed by atoms with E-state index in [0.29, 0.717) is 5.82 Å². The van der Waals surface area contributed by atoms with E-state index in [9.17, 15) is 0 Å². The Bertz CT molecular complexity index is 560. The molecule has 0 saturated carbocycles. The molecule has 0 unspecified atom stereocenters. The third-order valence-corrected chi connectivity index (χ3v) is 3.04. The van der Waals surface area contributed by atoms with Crippen molar-refractivity contribution < 1.29 is 0 Å². The molecule has 3 N–H and O–H groups in total. The highest BCUT2D eigenvalue weighted by Gasteiger charge is 2.13. The van der Waals surface area contributed by atoms with Crippen molar-refractivity contribution in [2.45, 2.75) is 40.0 Å². The van der Waals surface area contributed by atoms with E-state index in [1.54, 1.807) is 6.20 Å². The quantitative estimate of drug-likeness (QED) is 0.632. The summed E-state index contributed by atoms with van der Waals surface area (Å²) in [6.45, 7) is 6.12. The molecule has 0 atom stereocenters.